The van der Waals surface area contributed by atoms with Crippen molar-refractivity contribution in [2.24, 2.45) is 7.05 Å². The Hall–Kier alpha value is -2.41. The van der Waals surface area contributed by atoms with Crippen LogP contribution in [0.25, 0.3) is 0 Å². The fourth-order valence-electron chi connectivity index (χ4n) is 2.23. The highest BCUT2D eigenvalue weighted by Crippen LogP contribution is 2.20. The van der Waals surface area contributed by atoms with Crippen LogP contribution in [-0.4, -0.2) is 39.6 Å². The number of anilines is 1. The van der Waals surface area contributed by atoms with Gasteiger partial charge < -0.3 is 10.2 Å². The summed E-state index contributed by atoms with van der Waals surface area (Å²) in [5, 5.41) is 6.61. The second kappa shape index (κ2) is 7.44. The normalized spacial score (nSPS) is 10.5. The number of hydrogen-bond acceptors (Lipinski definition) is 3. The summed E-state index contributed by atoms with van der Waals surface area (Å²) in [7, 11) is 1.57. The number of nitrogens with zero attached hydrogens (tertiary/aromatic N) is 3. The molecule has 0 radical (unpaired) electrons. The molecule has 0 spiro atoms. The molecule has 0 aliphatic carbocycles. The minimum absolute atomic E-state index is 0.0878. The molecule has 0 aliphatic rings. The monoisotopic (exact) mass is 352 g/mol. The van der Waals surface area contributed by atoms with E-state index in [0.29, 0.717) is 18.8 Å². The molecule has 1 aromatic carbocycles. The number of benzene rings is 1. The van der Waals surface area contributed by atoms with Crippen LogP contribution in [0.15, 0.2) is 24.3 Å². The van der Waals surface area contributed by atoms with Crippen molar-refractivity contribution in [3.63, 3.8) is 0 Å². The molecule has 2 aromatic rings. The predicted octanol–water partition coefficient (Wildman–Crippen LogP) is 2.95. The van der Waals surface area contributed by atoms with Crippen molar-refractivity contribution >= 4 is 29.1 Å². The second-order valence-corrected chi connectivity index (χ2v) is 5.51. The molecule has 1 N–H and O–H groups in total. The fraction of sp³-hybridized carbons (Fsp3) is 0.312. The van der Waals surface area contributed by atoms with Crippen molar-refractivity contribution < 1.29 is 14.0 Å². The van der Waals surface area contributed by atoms with Crippen molar-refractivity contribution in [2.75, 3.05) is 18.4 Å². The number of aromatic nitrogens is 2. The van der Waals surface area contributed by atoms with Crippen LogP contribution in [0.2, 0.25) is 5.02 Å². The molecular formula is C16H18ClFN4O2. The number of nitrogens with one attached hydrogen (secondary N) is 1. The van der Waals surface area contributed by atoms with Gasteiger partial charge >= 0.3 is 0 Å². The van der Waals surface area contributed by atoms with E-state index >= 15 is 0 Å². The Morgan fingerprint density at radius 1 is 1.29 bits per heavy atom. The number of amides is 2. The van der Waals surface area contributed by atoms with Crippen LogP contribution in [0.5, 0.6) is 0 Å². The molecule has 0 fully saturated rings. The van der Waals surface area contributed by atoms with Crippen LogP contribution in [0.1, 0.15) is 34.8 Å². The summed E-state index contributed by atoms with van der Waals surface area (Å²) < 4.78 is 14.5. The molecule has 6 nitrogen and oxygen atoms in total. The van der Waals surface area contributed by atoms with Crippen molar-refractivity contribution in [1.82, 2.24) is 14.7 Å². The number of carbonyl (C=O) groups excluding carboxylic acids is 2. The molecule has 2 amide bonds. The van der Waals surface area contributed by atoms with Crippen LogP contribution in [0, 0.1) is 5.82 Å². The number of hydrogen-bond donors (Lipinski definition) is 1. The number of aryl methyl sites for hydroxylation is 1. The first-order valence-corrected chi connectivity index (χ1v) is 7.84. The molecule has 0 unspecified atom stereocenters. The number of carbonyl (C=O) groups is 2. The maximum absolute atomic E-state index is 13.2. The molecule has 0 saturated carbocycles. The third kappa shape index (κ3) is 3.73. The molecule has 0 aliphatic heterocycles. The summed E-state index contributed by atoms with van der Waals surface area (Å²) in [6.45, 7) is 4.86. The lowest BCUT2D eigenvalue weighted by Crippen LogP contribution is -2.30. The van der Waals surface area contributed by atoms with Crippen LogP contribution < -0.4 is 5.32 Å². The average molecular weight is 353 g/mol. The lowest BCUT2D eigenvalue weighted by Gasteiger charge is -2.16. The van der Waals surface area contributed by atoms with Crippen LogP contribution in [0.4, 0.5) is 10.1 Å². The molecule has 0 atom stereocenters. The minimum atomic E-state index is -0.567. The molecule has 24 heavy (non-hydrogen) atoms. The topological polar surface area (TPSA) is 67.2 Å². The smallest absolute Gasteiger partial charge is 0.274 e. The molecule has 128 valence electrons. The Morgan fingerprint density at radius 2 is 1.96 bits per heavy atom. The Balaban J connectivity index is 2.21. The summed E-state index contributed by atoms with van der Waals surface area (Å²) in [4.78, 5) is 26.3. The van der Waals surface area contributed by atoms with E-state index in [2.05, 4.69) is 10.4 Å². The van der Waals surface area contributed by atoms with E-state index in [1.807, 2.05) is 13.8 Å². The quantitative estimate of drug-likeness (QED) is 0.899. The summed E-state index contributed by atoms with van der Waals surface area (Å²) >= 11 is 5.69. The maximum atomic E-state index is 13.2. The van der Waals surface area contributed by atoms with Gasteiger partial charge in [-0.3, -0.25) is 14.3 Å². The van der Waals surface area contributed by atoms with E-state index in [-0.39, 0.29) is 22.3 Å². The molecular weight excluding hydrogens is 335 g/mol. The van der Waals surface area contributed by atoms with Gasteiger partial charge in [0.2, 0.25) is 0 Å². The molecule has 0 bridgehead atoms. The minimum Gasteiger partial charge on any atom is -0.338 e. The Morgan fingerprint density at radius 3 is 2.54 bits per heavy atom. The van der Waals surface area contributed by atoms with Crippen LogP contribution in [0.3, 0.4) is 0 Å². The zero-order valence-electron chi connectivity index (χ0n) is 13.6. The van der Waals surface area contributed by atoms with E-state index < -0.39 is 11.7 Å². The summed E-state index contributed by atoms with van der Waals surface area (Å²) in [6.07, 6.45) is 0. The third-order valence-electron chi connectivity index (χ3n) is 3.56. The summed E-state index contributed by atoms with van der Waals surface area (Å²) in [5.74, 6) is -1.27. The van der Waals surface area contributed by atoms with E-state index in [0.717, 1.165) is 6.07 Å². The molecule has 8 heteroatoms. The van der Waals surface area contributed by atoms with Gasteiger partial charge in [-0.1, -0.05) is 11.6 Å². The highest BCUT2D eigenvalue weighted by atomic mass is 35.5. The van der Waals surface area contributed by atoms with Gasteiger partial charge in [0.1, 0.15) is 11.5 Å². The maximum Gasteiger partial charge on any atom is 0.274 e. The highest BCUT2D eigenvalue weighted by molar-refractivity contribution is 6.31. The largest absolute Gasteiger partial charge is 0.338 e. The van der Waals surface area contributed by atoms with Gasteiger partial charge in [-0.05, 0) is 32.0 Å². The average Bonchev–Trinajstić information content (AvgIpc) is 2.94. The van der Waals surface area contributed by atoms with E-state index in [1.165, 1.54) is 22.9 Å². The fourth-order valence-corrected chi connectivity index (χ4v) is 2.41. The first-order chi connectivity index (χ1) is 11.4. The van der Waals surface area contributed by atoms with Crippen LogP contribution in [-0.2, 0) is 7.05 Å². The van der Waals surface area contributed by atoms with Gasteiger partial charge in [-0.15, -0.1) is 0 Å². The van der Waals surface area contributed by atoms with Gasteiger partial charge in [0, 0.05) is 31.9 Å². The van der Waals surface area contributed by atoms with Gasteiger partial charge in [-0.25, -0.2) is 4.39 Å². The van der Waals surface area contributed by atoms with Gasteiger partial charge in [-0.2, -0.15) is 5.10 Å². The Labute approximate surface area is 144 Å². The van der Waals surface area contributed by atoms with Gasteiger partial charge in [0.25, 0.3) is 11.8 Å². The van der Waals surface area contributed by atoms with Crippen molar-refractivity contribution in [2.45, 2.75) is 13.8 Å². The standard InChI is InChI=1S/C16H18ClFN4O2/c1-4-22(5-2)16(24)13-9-14(21(3)20-13)15(23)19-10-6-7-12(18)11(17)8-10/h6-9H,4-5H2,1-3H3,(H,19,23). The number of rotatable bonds is 5. The second-order valence-electron chi connectivity index (χ2n) is 5.10. The lowest BCUT2D eigenvalue weighted by atomic mass is 10.2. The zero-order valence-corrected chi connectivity index (χ0v) is 14.4. The first-order valence-electron chi connectivity index (χ1n) is 7.47. The van der Waals surface area contributed by atoms with E-state index in [1.54, 1.807) is 11.9 Å². The SMILES string of the molecule is CCN(CC)C(=O)c1cc(C(=O)Nc2ccc(F)c(Cl)c2)n(C)n1. The van der Waals surface area contributed by atoms with Crippen molar-refractivity contribution in [3.8, 4) is 0 Å². The van der Waals surface area contributed by atoms with Crippen LogP contribution >= 0.6 is 11.6 Å². The highest BCUT2D eigenvalue weighted by Gasteiger charge is 2.20. The molecule has 1 aromatic heterocycles. The zero-order chi connectivity index (χ0) is 17.9. The van der Waals surface area contributed by atoms with E-state index in [9.17, 15) is 14.0 Å². The number of halogens is 2. The molecule has 2 rings (SSSR count). The molecule has 0 saturated heterocycles. The Bertz CT molecular complexity index is 771. The van der Waals surface area contributed by atoms with Gasteiger partial charge in [0.05, 0.1) is 5.02 Å². The summed E-state index contributed by atoms with van der Waals surface area (Å²) in [5.41, 5.74) is 0.763. The predicted molar refractivity (Wildman–Crippen MR) is 89.8 cm³/mol. The first kappa shape index (κ1) is 17.9. The summed E-state index contributed by atoms with van der Waals surface area (Å²) in [6, 6.07) is 5.31. The third-order valence-corrected chi connectivity index (χ3v) is 3.85. The van der Waals surface area contributed by atoms with E-state index in [4.69, 9.17) is 11.6 Å². The van der Waals surface area contributed by atoms with Gasteiger partial charge in [0.15, 0.2) is 5.69 Å². The Kier molecular flexibility index (Phi) is 5.56. The van der Waals surface area contributed by atoms with Crippen molar-refractivity contribution in [1.29, 1.82) is 0 Å². The van der Waals surface area contributed by atoms with Crippen molar-refractivity contribution in [3.05, 3.63) is 46.5 Å². The lowest BCUT2D eigenvalue weighted by molar-refractivity contribution is 0.0766. The molecule has 1 heterocycles.